The Morgan fingerprint density at radius 2 is 1.33 bits per heavy atom. The normalized spacial score (nSPS) is 18.4. The number of phenols is 1. The minimum absolute atomic E-state index is 0.0486. The maximum atomic E-state index is 14.8. The van der Waals surface area contributed by atoms with Crippen molar-refractivity contribution in [3.05, 3.63) is 77.6 Å². The fraction of sp³-hybridized carbons (Fsp3) is 0.379. The zero-order valence-electron chi connectivity index (χ0n) is 19.1. The molecule has 0 atom stereocenters. The lowest BCUT2D eigenvalue weighted by Crippen LogP contribution is -2.13. The van der Waals surface area contributed by atoms with Gasteiger partial charge in [-0.15, -0.1) is 0 Å². The first kappa shape index (κ1) is 23.4. The summed E-state index contributed by atoms with van der Waals surface area (Å²) in [6.45, 7) is 2.25. The molecule has 0 aliphatic heterocycles. The molecule has 0 heterocycles. The number of aromatic hydroxyl groups is 1. The van der Waals surface area contributed by atoms with Crippen LogP contribution in [0.5, 0.6) is 5.75 Å². The lowest BCUT2D eigenvalue weighted by Gasteiger charge is -2.29. The summed E-state index contributed by atoms with van der Waals surface area (Å²) in [5.41, 5.74) is 3.09. The number of hydrogen-bond acceptors (Lipinski definition) is 1. The van der Waals surface area contributed by atoms with Crippen molar-refractivity contribution in [1.29, 1.82) is 0 Å². The molecule has 0 amide bonds. The standard InChI is InChI=1S/C29H31F3O/c1-2-3-4-5-19-6-8-20(9-7-19)21-10-12-22(13-11-21)23-14-15-25(26(30)16-23)24-17-27(31)29(33)28(32)18-24/h10-20,33H,2-9H2,1H3. The Hall–Kier alpha value is -2.75. The Morgan fingerprint density at radius 1 is 0.727 bits per heavy atom. The smallest absolute Gasteiger partial charge is 0.187 e. The third kappa shape index (κ3) is 5.43. The molecule has 1 saturated carbocycles. The summed E-state index contributed by atoms with van der Waals surface area (Å²) < 4.78 is 42.1. The van der Waals surface area contributed by atoms with Crippen LogP contribution in [-0.4, -0.2) is 5.11 Å². The highest BCUT2D eigenvalue weighted by Gasteiger charge is 2.22. The highest BCUT2D eigenvalue weighted by Crippen LogP contribution is 2.38. The molecule has 3 aromatic carbocycles. The van der Waals surface area contributed by atoms with E-state index in [0.29, 0.717) is 11.5 Å². The molecular weight excluding hydrogens is 421 g/mol. The van der Waals surface area contributed by atoms with Crippen LogP contribution < -0.4 is 0 Å². The Kier molecular flexibility index (Phi) is 7.42. The molecule has 1 aliphatic carbocycles. The highest BCUT2D eigenvalue weighted by molar-refractivity contribution is 5.71. The first-order valence-electron chi connectivity index (χ1n) is 12.0. The van der Waals surface area contributed by atoms with E-state index in [-0.39, 0.29) is 11.1 Å². The lowest BCUT2D eigenvalue weighted by atomic mass is 9.77. The Bertz CT molecular complexity index is 1060. The molecule has 1 fully saturated rings. The van der Waals surface area contributed by atoms with Crippen molar-refractivity contribution < 1.29 is 18.3 Å². The number of unbranched alkanes of at least 4 members (excludes halogenated alkanes) is 2. The summed E-state index contributed by atoms with van der Waals surface area (Å²) in [4.78, 5) is 0. The monoisotopic (exact) mass is 452 g/mol. The van der Waals surface area contributed by atoms with E-state index in [0.717, 1.165) is 23.6 Å². The second-order valence-electron chi connectivity index (χ2n) is 9.32. The van der Waals surface area contributed by atoms with Crippen molar-refractivity contribution in [2.75, 3.05) is 0 Å². The number of benzene rings is 3. The molecule has 1 aliphatic rings. The average molecular weight is 453 g/mol. The summed E-state index contributed by atoms with van der Waals surface area (Å²) in [6, 6.07) is 14.9. The molecule has 0 bridgehead atoms. The number of phenolic OH excluding ortho intramolecular Hbond substituents is 1. The van der Waals surface area contributed by atoms with Crippen molar-refractivity contribution in [3.8, 4) is 28.0 Å². The van der Waals surface area contributed by atoms with Crippen LogP contribution in [0.25, 0.3) is 22.3 Å². The quantitative estimate of drug-likeness (QED) is 0.355. The van der Waals surface area contributed by atoms with E-state index in [9.17, 15) is 18.3 Å². The first-order valence-corrected chi connectivity index (χ1v) is 12.0. The molecular formula is C29H31F3O. The van der Waals surface area contributed by atoms with E-state index in [4.69, 9.17) is 0 Å². The second kappa shape index (κ2) is 10.5. The van der Waals surface area contributed by atoms with Crippen LogP contribution in [0.4, 0.5) is 13.2 Å². The molecule has 0 unspecified atom stereocenters. The average Bonchev–Trinajstić information content (AvgIpc) is 2.83. The van der Waals surface area contributed by atoms with Gasteiger partial charge in [-0.2, -0.15) is 0 Å². The van der Waals surface area contributed by atoms with Gasteiger partial charge in [0.1, 0.15) is 5.82 Å². The Balaban J connectivity index is 1.44. The van der Waals surface area contributed by atoms with E-state index >= 15 is 0 Å². The molecule has 4 heteroatoms. The number of halogens is 3. The van der Waals surface area contributed by atoms with E-state index < -0.39 is 23.2 Å². The van der Waals surface area contributed by atoms with Gasteiger partial charge in [-0.25, -0.2) is 13.2 Å². The van der Waals surface area contributed by atoms with Crippen LogP contribution in [0.15, 0.2) is 54.6 Å². The fourth-order valence-electron chi connectivity index (χ4n) is 5.07. The van der Waals surface area contributed by atoms with Crippen LogP contribution in [0.1, 0.15) is 69.8 Å². The zero-order chi connectivity index (χ0) is 23.4. The van der Waals surface area contributed by atoms with Gasteiger partial charge in [0.05, 0.1) is 0 Å². The predicted molar refractivity (Wildman–Crippen MR) is 128 cm³/mol. The maximum absolute atomic E-state index is 14.8. The SMILES string of the molecule is CCCCCC1CCC(c2ccc(-c3ccc(-c4cc(F)c(O)c(F)c4)c(F)c3)cc2)CC1. The second-order valence-corrected chi connectivity index (χ2v) is 9.32. The van der Waals surface area contributed by atoms with Crippen LogP contribution in [0.3, 0.4) is 0 Å². The molecule has 1 N–H and O–H groups in total. The summed E-state index contributed by atoms with van der Waals surface area (Å²) in [5.74, 6) is -2.37. The van der Waals surface area contributed by atoms with E-state index in [1.54, 1.807) is 6.07 Å². The van der Waals surface area contributed by atoms with E-state index in [1.807, 2.05) is 12.1 Å². The summed E-state index contributed by atoms with van der Waals surface area (Å²) in [6.07, 6.45) is 10.4. The number of rotatable bonds is 7. The Morgan fingerprint density at radius 3 is 1.94 bits per heavy atom. The van der Waals surface area contributed by atoms with Crippen molar-refractivity contribution in [2.24, 2.45) is 5.92 Å². The summed E-state index contributed by atoms with van der Waals surface area (Å²) in [5, 5.41) is 9.27. The van der Waals surface area contributed by atoms with Gasteiger partial charge in [0, 0.05) is 5.56 Å². The van der Waals surface area contributed by atoms with Crippen molar-refractivity contribution in [3.63, 3.8) is 0 Å². The molecule has 33 heavy (non-hydrogen) atoms. The van der Waals surface area contributed by atoms with Crippen LogP contribution in [0.2, 0.25) is 0 Å². The zero-order valence-corrected chi connectivity index (χ0v) is 19.1. The lowest BCUT2D eigenvalue weighted by molar-refractivity contribution is 0.303. The van der Waals surface area contributed by atoms with Crippen molar-refractivity contribution in [2.45, 2.75) is 64.2 Å². The minimum Gasteiger partial charge on any atom is -0.503 e. The molecule has 4 rings (SSSR count). The van der Waals surface area contributed by atoms with Gasteiger partial charge < -0.3 is 5.11 Å². The maximum Gasteiger partial charge on any atom is 0.187 e. The van der Waals surface area contributed by atoms with Gasteiger partial charge in [0.15, 0.2) is 17.4 Å². The third-order valence-corrected chi connectivity index (χ3v) is 7.08. The number of hydrogen-bond donors (Lipinski definition) is 1. The molecule has 0 saturated heterocycles. The van der Waals surface area contributed by atoms with Crippen LogP contribution >= 0.6 is 0 Å². The largest absolute Gasteiger partial charge is 0.503 e. The summed E-state index contributed by atoms with van der Waals surface area (Å²) in [7, 11) is 0. The van der Waals surface area contributed by atoms with Gasteiger partial charge in [-0.05, 0) is 78.0 Å². The topological polar surface area (TPSA) is 20.2 Å². The minimum atomic E-state index is -1.11. The summed E-state index contributed by atoms with van der Waals surface area (Å²) >= 11 is 0. The predicted octanol–water partition coefficient (Wildman–Crippen LogP) is 9.00. The molecule has 0 aromatic heterocycles. The van der Waals surface area contributed by atoms with Crippen molar-refractivity contribution >= 4 is 0 Å². The third-order valence-electron chi connectivity index (χ3n) is 7.08. The highest BCUT2D eigenvalue weighted by atomic mass is 19.1. The van der Waals surface area contributed by atoms with Crippen LogP contribution in [-0.2, 0) is 0 Å². The molecule has 0 spiro atoms. The Labute approximate surface area is 194 Å². The molecule has 1 nitrogen and oxygen atoms in total. The van der Waals surface area contributed by atoms with Gasteiger partial charge in [0.25, 0.3) is 0 Å². The van der Waals surface area contributed by atoms with Gasteiger partial charge in [-0.1, -0.05) is 69.0 Å². The van der Waals surface area contributed by atoms with Crippen LogP contribution in [0, 0.1) is 23.4 Å². The van der Waals surface area contributed by atoms with Gasteiger partial charge in [0.2, 0.25) is 0 Å². The van der Waals surface area contributed by atoms with Gasteiger partial charge >= 0.3 is 0 Å². The van der Waals surface area contributed by atoms with E-state index in [2.05, 4.69) is 19.1 Å². The molecule has 174 valence electrons. The van der Waals surface area contributed by atoms with E-state index in [1.165, 1.54) is 69.1 Å². The van der Waals surface area contributed by atoms with Crippen molar-refractivity contribution in [1.82, 2.24) is 0 Å². The molecule has 0 radical (unpaired) electrons. The van der Waals surface area contributed by atoms with Gasteiger partial charge in [-0.3, -0.25) is 0 Å². The molecule has 3 aromatic rings. The first-order chi connectivity index (χ1) is 16.0. The fourth-order valence-corrected chi connectivity index (χ4v) is 5.07.